The van der Waals surface area contributed by atoms with Crippen LogP contribution in [-0.2, 0) is 9.53 Å². The second-order valence-corrected chi connectivity index (χ2v) is 8.41. The number of hydrogen-bond donors (Lipinski definition) is 1. The van der Waals surface area contributed by atoms with Gasteiger partial charge < -0.3 is 15.0 Å². The molecule has 1 saturated heterocycles. The highest BCUT2D eigenvalue weighted by Crippen LogP contribution is 2.24. The quantitative estimate of drug-likeness (QED) is 0.872. The van der Waals surface area contributed by atoms with Crippen molar-refractivity contribution in [3.8, 4) is 0 Å². The highest BCUT2D eigenvalue weighted by molar-refractivity contribution is 5.95. The van der Waals surface area contributed by atoms with Gasteiger partial charge in [-0.25, -0.2) is 4.79 Å². The molecular weight excluding hydrogens is 342 g/mol. The largest absolute Gasteiger partial charge is 0.444 e. The van der Waals surface area contributed by atoms with E-state index in [2.05, 4.69) is 24.1 Å². The molecule has 1 unspecified atom stereocenters. The maximum absolute atomic E-state index is 12.7. The van der Waals surface area contributed by atoms with Crippen molar-refractivity contribution in [3.05, 3.63) is 29.8 Å². The summed E-state index contributed by atoms with van der Waals surface area (Å²) < 4.78 is 5.42. The standard InChI is InChI=1S/C21H33N3O3/c1-15(2)17-9-7-8-10-18(17)22-19(25)16(3)23-11-13-24(14-12-23)20(26)27-21(4,5)6/h7-10,15-16H,11-14H2,1-6H3,(H,22,25). The van der Waals surface area contributed by atoms with Gasteiger partial charge in [-0.1, -0.05) is 32.0 Å². The van der Waals surface area contributed by atoms with Gasteiger partial charge in [-0.15, -0.1) is 0 Å². The van der Waals surface area contributed by atoms with Crippen LogP contribution in [0.5, 0.6) is 0 Å². The second kappa shape index (κ2) is 8.74. The van der Waals surface area contributed by atoms with Crippen LogP contribution in [0.1, 0.15) is 53.0 Å². The molecule has 1 aliphatic rings. The Kier molecular flexibility index (Phi) is 6.87. The maximum Gasteiger partial charge on any atom is 0.410 e. The fourth-order valence-electron chi connectivity index (χ4n) is 3.14. The van der Waals surface area contributed by atoms with Gasteiger partial charge in [-0.2, -0.15) is 0 Å². The van der Waals surface area contributed by atoms with E-state index in [0.717, 1.165) is 11.3 Å². The predicted octanol–water partition coefficient (Wildman–Crippen LogP) is 3.69. The van der Waals surface area contributed by atoms with Crippen LogP contribution in [0.25, 0.3) is 0 Å². The number of para-hydroxylation sites is 1. The zero-order chi connectivity index (χ0) is 20.2. The Hall–Kier alpha value is -2.08. The molecule has 1 aliphatic heterocycles. The molecule has 1 atom stereocenters. The molecule has 1 fully saturated rings. The number of nitrogens with zero attached hydrogens (tertiary/aromatic N) is 2. The van der Waals surface area contributed by atoms with Crippen molar-refractivity contribution in [3.63, 3.8) is 0 Å². The van der Waals surface area contributed by atoms with Crippen LogP contribution in [0.2, 0.25) is 0 Å². The lowest BCUT2D eigenvalue weighted by Crippen LogP contribution is -2.54. The molecule has 0 radical (unpaired) electrons. The Bertz CT molecular complexity index is 659. The molecule has 1 aromatic rings. The van der Waals surface area contributed by atoms with Gasteiger partial charge in [-0.3, -0.25) is 9.69 Å². The monoisotopic (exact) mass is 375 g/mol. The fraction of sp³-hybridized carbons (Fsp3) is 0.619. The van der Waals surface area contributed by atoms with Crippen LogP contribution in [0.3, 0.4) is 0 Å². The van der Waals surface area contributed by atoms with Crippen LogP contribution in [0.15, 0.2) is 24.3 Å². The Morgan fingerprint density at radius 3 is 2.19 bits per heavy atom. The topological polar surface area (TPSA) is 61.9 Å². The number of ether oxygens (including phenoxy) is 1. The van der Waals surface area contributed by atoms with E-state index in [4.69, 9.17) is 4.74 Å². The van der Waals surface area contributed by atoms with E-state index in [1.807, 2.05) is 52.0 Å². The summed E-state index contributed by atoms with van der Waals surface area (Å²) in [5.41, 5.74) is 1.51. The lowest BCUT2D eigenvalue weighted by atomic mass is 10.0. The molecule has 6 nitrogen and oxygen atoms in total. The van der Waals surface area contributed by atoms with Crippen LogP contribution < -0.4 is 5.32 Å². The molecule has 0 saturated carbocycles. The Morgan fingerprint density at radius 2 is 1.63 bits per heavy atom. The number of carbonyl (C=O) groups excluding carboxylic acids is 2. The summed E-state index contributed by atoms with van der Waals surface area (Å²) in [6, 6.07) is 7.66. The molecule has 150 valence electrons. The summed E-state index contributed by atoms with van der Waals surface area (Å²) in [6.45, 7) is 14.2. The lowest BCUT2D eigenvalue weighted by Gasteiger charge is -2.37. The summed E-state index contributed by atoms with van der Waals surface area (Å²) in [6.07, 6.45) is -0.287. The third-order valence-electron chi connectivity index (χ3n) is 4.73. The molecule has 27 heavy (non-hydrogen) atoms. The van der Waals surface area contributed by atoms with Crippen molar-refractivity contribution in [2.24, 2.45) is 0 Å². The van der Waals surface area contributed by atoms with Gasteiger partial charge in [0.1, 0.15) is 5.60 Å². The first-order valence-corrected chi connectivity index (χ1v) is 9.70. The number of piperazine rings is 1. The number of nitrogens with one attached hydrogen (secondary N) is 1. The van der Waals surface area contributed by atoms with Crippen LogP contribution in [0.4, 0.5) is 10.5 Å². The van der Waals surface area contributed by atoms with Crippen molar-refractivity contribution in [2.75, 3.05) is 31.5 Å². The molecule has 0 aliphatic carbocycles. The average Bonchev–Trinajstić information content (AvgIpc) is 2.60. The number of amides is 2. The van der Waals surface area contributed by atoms with Gasteiger partial charge in [0, 0.05) is 31.9 Å². The first kappa shape index (κ1) is 21.2. The third-order valence-corrected chi connectivity index (χ3v) is 4.73. The highest BCUT2D eigenvalue weighted by atomic mass is 16.6. The zero-order valence-corrected chi connectivity index (χ0v) is 17.4. The number of carbonyl (C=O) groups is 2. The minimum Gasteiger partial charge on any atom is -0.444 e. The first-order valence-electron chi connectivity index (χ1n) is 9.70. The van der Waals surface area contributed by atoms with Gasteiger partial charge in [0.15, 0.2) is 0 Å². The van der Waals surface area contributed by atoms with Gasteiger partial charge in [0.05, 0.1) is 6.04 Å². The number of anilines is 1. The van der Waals surface area contributed by atoms with E-state index in [-0.39, 0.29) is 18.0 Å². The van der Waals surface area contributed by atoms with E-state index >= 15 is 0 Å². The molecule has 6 heteroatoms. The number of rotatable bonds is 4. The van der Waals surface area contributed by atoms with Gasteiger partial charge >= 0.3 is 6.09 Å². The van der Waals surface area contributed by atoms with Crippen molar-refractivity contribution >= 4 is 17.7 Å². The molecular formula is C21H33N3O3. The molecule has 1 heterocycles. The lowest BCUT2D eigenvalue weighted by molar-refractivity contribution is -0.121. The molecule has 0 aromatic heterocycles. The smallest absolute Gasteiger partial charge is 0.410 e. The minimum absolute atomic E-state index is 0.0196. The van der Waals surface area contributed by atoms with E-state index in [9.17, 15) is 9.59 Å². The number of benzene rings is 1. The fourth-order valence-corrected chi connectivity index (χ4v) is 3.14. The van der Waals surface area contributed by atoms with Crippen LogP contribution in [0, 0.1) is 0 Å². The van der Waals surface area contributed by atoms with E-state index in [1.54, 1.807) is 4.90 Å². The molecule has 2 amide bonds. The van der Waals surface area contributed by atoms with Crippen LogP contribution in [-0.4, -0.2) is 59.6 Å². The summed E-state index contributed by atoms with van der Waals surface area (Å²) in [5.74, 6) is 0.322. The van der Waals surface area contributed by atoms with E-state index in [0.29, 0.717) is 32.1 Å². The van der Waals surface area contributed by atoms with E-state index in [1.165, 1.54) is 0 Å². The summed E-state index contributed by atoms with van der Waals surface area (Å²) in [4.78, 5) is 28.7. The first-order chi connectivity index (χ1) is 12.6. The highest BCUT2D eigenvalue weighted by Gasteiger charge is 2.30. The Balaban J connectivity index is 1.91. The minimum atomic E-state index is -0.495. The van der Waals surface area contributed by atoms with Gasteiger partial charge in [-0.05, 0) is 45.2 Å². The normalized spacial score (nSPS) is 16.9. The average molecular weight is 376 g/mol. The summed E-state index contributed by atoms with van der Waals surface area (Å²) in [7, 11) is 0. The summed E-state index contributed by atoms with van der Waals surface area (Å²) >= 11 is 0. The van der Waals surface area contributed by atoms with Crippen molar-refractivity contribution in [1.82, 2.24) is 9.80 Å². The van der Waals surface area contributed by atoms with Crippen molar-refractivity contribution in [1.29, 1.82) is 0 Å². The van der Waals surface area contributed by atoms with Crippen molar-refractivity contribution < 1.29 is 14.3 Å². The van der Waals surface area contributed by atoms with E-state index < -0.39 is 5.60 Å². The summed E-state index contributed by atoms with van der Waals surface area (Å²) in [5, 5.41) is 3.07. The zero-order valence-electron chi connectivity index (χ0n) is 17.4. The molecule has 1 aromatic carbocycles. The molecule has 1 N–H and O–H groups in total. The molecule has 0 spiro atoms. The van der Waals surface area contributed by atoms with Crippen molar-refractivity contribution in [2.45, 2.75) is 59.1 Å². The van der Waals surface area contributed by atoms with Gasteiger partial charge in [0.2, 0.25) is 5.91 Å². The SMILES string of the molecule is CC(C)c1ccccc1NC(=O)C(C)N1CCN(C(=O)OC(C)(C)C)CC1. The Morgan fingerprint density at radius 1 is 1.04 bits per heavy atom. The molecule has 0 bridgehead atoms. The Labute approximate surface area is 162 Å². The molecule has 2 rings (SSSR count). The third kappa shape index (κ3) is 5.96. The second-order valence-electron chi connectivity index (χ2n) is 8.41. The number of hydrogen-bond acceptors (Lipinski definition) is 4. The van der Waals surface area contributed by atoms with Crippen LogP contribution >= 0.6 is 0 Å². The van der Waals surface area contributed by atoms with Gasteiger partial charge in [0.25, 0.3) is 0 Å². The maximum atomic E-state index is 12.7. The predicted molar refractivity (Wildman–Crippen MR) is 108 cm³/mol.